The molecule has 0 fully saturated rings. The summed E-state index contributed by atoms with van der Waals surface area (Å²) in [6.07, 6.45) is 4.06. The zero-order valence-corrected chi connectivity index (χ0v) is 15.2. The molecule has 5 nitrogen and oxygen atoms in total. The highest BCUT2D eigenvalue weighted by atomic mass is 16.5. The van der Waals surface area contributed by atoms with Gasteiger partial charge in [-0.25, -0.2) is 4.98 Å². The number of anilines is 1. The smallest absolute Gasteiger partial charge is 0.244 e. The molecule has 0 saturated carbocycles. The second-order valence-corrected chi connectivity index (χ2v) is 6.08. The van der Waals surface area contributed by atoms with Crippen LogP contribution in [0, 0.1) is 0 Å². The molecule has 0 bridgehead atoms. The van der Waals surface area contributed by atoms with Gasteiger partial charge in [-0.05, 0) is 31.0 Å². The molecule has 1 N–H and O–H groups in total. The summed E-state index contributed by atoms with van der Waals surface area (Å²) < 4.78 is 5.35. The largest absolute Gasteiger partial charge is 0.496 e. The SMILES string of the molecule is COc1ccccc1C/C(C)=C/C(=O)NCc1cccnc1N(C)C. The Hall–Kier alpha value is -2.82. The lowest BCUT2D eigenvalue weighted by atomic mass is 10.0. The van der Waals surface area contributed by atoms with Crippen molar-refractivity contribution in [1.29, 1.82) is 0 Å². The third-order valence-corrected chi connectivity index (χ3v) is 3.78. The number of amides is 1. The number of aromatic nitrogens is 1. The lowest BCUT2D eigenvalue weighted by molar-refractivity contribution is -0.116. The second kappa shape index (κ2) is 8.87. The van der Waals surface area contributed by atoms with Crippen LogP contribution in [0.4, 0.5) is 5.82 Å². The number of carbonyl (C=O) groups is 1. The maximum absolute atomic E-state index is 12.2. The maximum atomic E-state index is 12.2. The zero-order chi connectivity index (χ0) is 18.2. The van der Waals surface area contributed by atoms with Crippen LogP contribution in [0.25, 0.3) is 0 Å². The molecule has 0 aliphatic carbocycles. The summed E-state index contributed by atoms with van der Waals surface area (Å²) in [7, 11) is 5.52. The van der Waals surface area contributed by atoms with Crippen LogP contribution in [0.2, 0.25) is 0 Å². The molecule has 0 radical (unpaired) electrons. The van der Waals surface area contributed by atoms with Crippen molar-refractivity contribution in [3.05, 3.63) is 65.4 Å². The second-order valence-electron chi connectivity index (χ2n) is 6.08. The summed E-state index contributed by atoms with van der Waals surface area (Å²) in [5, 5.41) is 2.93. The molecular weight excluding hydrogens is 314 g/mol. The summed E-state index contributed by atoms with van der Waals surface area (Å²) >= 11 is 0. The molecule has 0 atom stereocenters. The van der Waals surface area contributed by atoms with E-state index in [2.05, 4.69) is 10.3 Å². The third kappa shape index (κ3) is 5.35. The van der Waals surface area contributed by atoms with Crippen molar-refractivity contribution in [2.45, 2.75) is 19.9 Å². The van der Waals surface area contributed by atoms with Crippen molar-refractivity contribution in [2.75, 3.05) is 26.1 Å². The summed E-state index contributed by atoms with van der Waals surface area (Å²) in [6.45, 7) is 2.39. The summed E-state index contributed by atoms with van der Waals surface area (Å²) in [4.78, 5) is 18.5. The van der Waals surface area contributed by atoms with Crippen LogP contribution in [0.3, 0.4) is 0 Å². The number of nitrogens with one attached hydrogen (secondary N) is 1. The van der Waals surface area contributed by atoms with E-state index in [4.69, 9.17) is 4.74 Å². The number of rotatable bonds is 7. The third-order valence-electron chi connectivity index (χ3n) is 3.78. The molecule has 2 rings (SSSR count). The average molecular weight is 339 g/mol. The lowest BCUT2D eigenvalue weighted by Gasteiger charge is -2.15. The van der Waals surface area contributed by atoms with Crippen LogP contribution in [-0.4, -0.2) is 32.1 Å². The van der Waals surface area contributed by atoms with Crippen molar-refractivity contribution < 1.29 is 9.53 Å². The van der Waals surface area contributed by atoms with Crippen molar-refractivity contribution in [3.63, 3.8) is 0 Å². The van der Waals surface area contributed by atoms with Gasteiger partial charge in [-0.15, -0.1) is 0 Å². The van der Waals surface area contributed by atoms with E-state index in [-0.39, 0.29) is 5.91 Å². The first-order valence-corrected chi connectivity index (χ1v) is 8.19. The average Bonchev–Trinajstić information content (AvgIpc) is 2.60. The van der Waals surface area contributed by atoms with Crippen LogP contribution in [0.5, 0.6) is 5.75 Å². The minimum atomic E-state index is -0.110. The van der Waals surface area contributed by atoms with E-state index in [1.807, 2.05) is 62.3 Å². The van der Waals surface area contributed by atoms with E-state index < -0.39 is 0 Å². The fourth-order valence-corrected chi connectivity index (χ4v) is 2.63. The van der Waals surface area contributed by atoms with Crippen molar-refractivity contribution in [3.8, 4) is 5.75 Å². The highest BCUT2D eigenvalue weighted by Crippen LogP contribution is 2.20. The topological polar surface area (TPSA) is 54.5 Å². The van der Waals surface area contributed by atoms with Crippen LogP contribution >= 0.6 is 0 Å². The highest BCUT2D eigenvalue weighted by Gasteiger charge is 2.07. The van der Waals surface area contributed by atoms with Crippen LogP contribution < -0.4 is 15.0 Å². The Balaban J connectivity index is 1.98. The Morgan fingerprint density at radius 3 is 2.64 bits per heavy atom. The molecule has 0 unspecified atom stereocenters. The van der Waals surface area contributed by atoms with Gasteiger partial charge in [-0.3, -0.25) is 4.79 Å². The van der Waals surface area contributed by atoms with E-state index in [0.29, 0.717) is 13.0 Å². The normalized spacial score (nSPS) is 11.1. The van der Waals surface area contributed by atoms with Crippen LogP contribution in [-0.2, 0) is 17.8 Å². The Morgan fingerprint density at radius 1 is 1.20 bits per heavy atom. The minimum Gasteiger partial charge on any atom is -0.496 e. The van der Waals surface area contributed by atoms with E-state index >= 15 is 0 Å². The van der Waals surface area contributed by atoms with Gasteiger partial charge in [0.05, 0.1) is 7.11 Å². The van der Waals surface area contributed by atoms with Crippen molar-refractivity contribution in [2.24, 2.45) is 0 Å². The predicted molar refractivity (Wildman–Crippen MR) is 101 cm³/mol. The van der Waals surface area contributed by atoms with Gasteiger partial charge in [-0.2, -0.15) is 0 Å². The van der Waals surface area contributed by atoms with E-state index in [1.54, 1.807) is 19.4 Å². The Morgan fingerprint density at radius 2 is 1.92 bits per heavy atom. The number of carbonyl (C=O) groups excluding carboxylic acids is 1. The molecule has 25 heavy (non-hydrogen) atoms. The molecule has 0 saturated heterocycles. The number of ether oxygens (including phenoxy) is 1. The zero-order valence-electron chi connectivity index (χ0n) is 15.2. The van der Waals surface area contributed by atoms with E-state index in [1.165, 1.54) is 0 Å². The fourth-order valence-electron chi connectivity index (χ4n) is 2.63. The molecule has 5 heteroatoms. The number of allylic oxidation sites excluding steroid dienone is 1. The van der Waals surface area contributed by atoms with Crippen molar-refractivity contribution >= 4 is 11.7 Å². The quantitative estimate of drug-likeness (QED) is 0.788. The van der Waals surface area contributed by atoms with Gasteiger partial charge in [-0.1, -0.05) is 29.8 Å². The molecule has 132 valence electrons. The van der Waals surface area contributed by atoms with Gasteiger partial charge in [0.2, 0.25) is 5.91 Å². The van der Waals surface area contributed by atoms with Crippen LogP contribution in [0.15, 0.2) is 54.2 Å². The van der Waals surface area contributed by atoms with Gasteiger partial charge in [0, 0.05) is 38.5 Å². The number of methoxy groups -OCH3 is 1. The number of hydrogen-bond donors (Lipinski definition) is 1. The number of para-hydroxylation sites is 1. The molecule has 0 aliphatic rings. The molecule has 1 amide bonds. The van der Waals surface area contributed by atoms with Gasteiger partial charge >= 0.3 is 0 Å². The van der Waals surface area contributed by atoms with Gasteiger partial charge in [0.1, 0.15) is 11.6 Å². The molecular formula is C20H25N3O2. The summed E-state index contributed by atoms with van der Waals surface area (Å²) in [5.41, 5.74) is 3.02. The Kier molecular flexibility index (Phi) is 6.57. The van der Waals surface area contributed by atoms with Gasteiger partial charge < -0.3 is 15.0 Å². The highest BCUT2D eigenvalue weighted by molar-refractivity contribution is 5.88. The number of hydrogen-bond acceptors (Lipinski definition) is 4. The monoisotopic (exact) mass is 339 g/mol. The molecule has 1 aromatic carbocycles. The minimum absolute atomic E-state index is 0.110. The lowest BCUT2D eigenvalue weighted by Crippen LogP contribution is -2.23. The van der Waals surface area contributed by atoms with Gasteiger partial charge in [0.25, 0.3) is 0 Å². The number of nitrogens with zero attached hydrogens (tertiary/aromatic N) is 2. The fraction of sp³-hybridized carbons (Fsp3) is 0.300. The number of pyridine rings is 1. The molecule has 0 spiro atoms. The first-order valence-electron chi connectivity index (χ1n) is 8.19. The molecule has 2 aromatic rings. The number of benzene rings is 1. The Bertz CT molecular complexity index is 754. The maximum Gasteiger partial charge on any atom is 0.244 e. The van der Waals surface area contributed by atoms with Crippen LogP contribution in [0.1, 0.15) is 18.1 Å². The first-order chi connectivity index (χ1) is 12.0. The molecule has 1 aromatic heterocycles. The predicted octanol–water partition coefficient (Wildman–Crippen LogP) is 2.96. The molecule has 1 heterocycles. The van der Waals surface area contributed by atoms with Crippen molar-refractivity contribution in [1.82, 2.24) is 10.3 Å². The Labute approximate surface area is 149 Å². The van der Waals surface area contributed by atoms with E-state index in [0.717, 1.165) is 28.3 Å². The van der Waals surface area contributed by atoms with Gasteiger partial charge in [0.15, 0.2) is 0 Å². The standard InChI is InChI=1S/C20H25N3O2/c1-15(12-16-8-5-6-10-18(16)25-4)13-19(24)22-14-17-9-7-11-21-20(17)23(2)3/h5-11,13H,12,14H2,1-4H3,(H,22,24)/b15-13+. The summed E-state index contributed by atoms with van der Waals surface area (Å²) in [6, 6.07) is 11.7. The summed E-state index contributed by atoms with van der Waals surface area (Å²) in [5.74, 6) is 1.58. The van der Waals surface area contributed by atoms with E-state index in [9.17, 15) is 4.79 Å². The molecule has 0 aliphatic heterocycles. The first kappa shape index (κ1) is 18.5.